The quantitative estimate of drug-likeness (QED) is 0.306. The number of halogens is 1. The van der Waals surface area contributed by atoms with E-state index in [0.717, 1.165) is 5.56 Å². The lowest BCUT2D eigenvalue weighted by Gasteiger charge is -2.16. The summed E-state index contributed by atoms with van der Waals surface area (Å²) in [6, 6.07) is 9.02. The van der Waals surface area contributed by atoms with Gasteiger partial charge in [-0.1, -0.05) is 61.3 Å². The predicted octanol–water partition coefficient (Wildman–Crippen LogP) is 5.07. The molecule has 0 spiro atoms. The number of carboxylic acid groups (broad SMARTS) is 1. The molecule has 2 aromatic carbocycles. The van der Waals surface area contributed by atoms with Gasteiger partial charge in [-0.2, -0.15) is 0 Å². The molecule has 1 N–H and O–H groups in total. The molecule has 0 saturated carbocycles. The molecule has 0 radical (unpaired) electrons. The maximum atomic E-state index is 12.7. The van der Waals surface area contributed by atoms with Crippen LogP contribution in [0.25, 0.3) is 0 Å². The summed E-state index contributed by atoms with van der Waals surface area (Å²) in [4.78, 5) is 40.7. The number of nitrogens with zero attached hydrogens (tertiary/aromatic N) is 1. The van der Waals surface area contributed by atoms with Crippen molar-refractivity contribution in [1.82, 2.24) is 0 Å². The SMILES string of the molecule is Cc1cccc(C(=O)Oc2cc(Br)cc(C=NC(C(=O)O)C(C)C)c2OC(=O)C(C)C)c1. The van der Waals surface area contributed by atoms with Gasteiger partial charge in [0.25, 0.3) is 0 Å². The van der Waals surface area contributed by atoms with Gasteiger partial charge in [-0.25, -0.2) is 9.59 Å². The Balaban J connectivity index is 2.53. The van der Waals surface area contributed by atoms with Crippen LogP contribution in [-0.4, -0.2) is 35.3 Å². The Labute approximate surface area is 195 Å². The Hall–Kier alpha value is -3.00. The maximum absolute atomic E-state index is 12.7. The van der Waals surface area contributed by atoms with E-state index in [1.165, 1.54) is 12.3 Å². The van der Waals surface area contributed by atoms with Gasteiger partial charge in [0.2, 0.25) is 0 Å². The second-order valence-electron chi connectivity index (χ2n) is 7.96. The Kier molecular flexibility index (Phi) is 8.72. The van der Waals surface area contributed by atoms with Crippen LogP contribution in [0.15, 0.2) is 45.9 Å². The van der Waals surface area contributed by atoms with E-state index in [-0.39, 0.29) is 17.4 Å². The second kappa shape index (κ2) is 11.0. The normalized spacial score (nSPS) is 12.2. The fraction of sp³-hybridized carbons (Fsp3) is 0.333. The van der Waals surface area contributed by atoms with Gasteiger partial charge in [0.05, 0.1) is 11.5 Å². The van der Waals surface area contributed by atoms with Gasteiger partial charge in [-0.3, -0.25) is 9.79 Å². The lowest BCUT2D eigenvalue weighted by Crippen LogP contribution is -2.24. The van der Waals surface area contributed by atoms with Crippen LogP contribution in [0.3, 0.4) is 0 Å². The van der Waals surface area contributed by atoms with Crippen molar-refractivity contribution < 1.29 is 29.0 Å². The summed E-state index contributed by atoms with van der Waals surface area (Å²) in [6.45, 7) is 8.69. The van der Waals surface area contributed by atoms with Gasteiger partial charge in [-0.15, -0.1) is 0 Å². The predicted molar refractivity (Wildman–Crippen MR) is 125 cm³/mol. The summed E-state index contributed by atoms with van der Waals surface area (Å²) >= 11 is 3.36. The lowest BCUT2D eigenvalue weighted by atomic mass is 10.1. The average Bonchev–Trinajstić information content (AvgIpc) is 2.69. The number of carbonyl (C=O) groups is 3. The molecular formula is C24H26BrNO6. The first-order valence-electron chi connectivity index (χ1n) is 10.1. The van der Waals surface area contributed by atoms with E-state index in [9.17, 15) is 19.5 Å². The number of rotatable bonds is 8. The fourth-order valence-electron chi connectivity index (χ4n) is 2.70. The van der Waals surface area contributed by atoms with Crippen LogP contribution in [0, 0.1) is 18.8 Å². The molecule has 8 heteroatoms. The number of carbonyl (C=O) groups excluding carboxylic acids is 2. The Morgan fingerprint density at radius 2 is 1.75 bits per heavy atom. The van der Waals surface area contributed by atoms with Crippen LogP contribution in [0.2, 0.25) is 0 Å². The van der Waals surface area contributed by atoms with Crippen LogP contribution in [0.5, 0.6) is 11.5 Å². The highest BCUT2D eigenvalue weighted by atomic mass is 79.9. The molecule has 170 valence electrons. The molecule has 0 amide bonds. The van der Waals surface area contributed by atoms with Gasteiger partial charge < -0.3 is 14.6 Å². The first-order valence-corrected chi connectivity index (χ1v) is 10.9. The van der Waals surface area contributed by atoms with Crippen molar-refractivity contribution in [3.8, 4) is 11.5 Å². The summed E-state index contributed by atoms with van der Waals surface area (Å²) in [7, 11) is 0. The third kappa shape index (κ3) is 6.75. The molecule has 32 heavy (non-hydrogen) atoms. The minimum atomic E-state index is -1.07. The van der Waals surface area contributed by atoms with Gasteiger partial charge in [0.15, 0.2) is 11.5 Å². The minimum Gasteiger partial charge on any atom is -0.480 e. The third-order valence-corrected chi connectivity index (χ3v) is 4.90. The summed E-state index contributed by atoms with van der Waals surface area (Å²) in [6.07, 6.45) is 1.32. The van der Waals surface area contributed by atoms with Crippen LogP contribution in [0.1, 0.15) is 49.2 Å². The zero-order chi connectivity index (χ0) is 24.0. The number of aliphatic imine (C=N–C) groups is 1. The first-order chi connectivity index (χ1) is 15.0. The molecule has 7 nitrogen and oxygen atoms in total. The van der Waals surface area contributed by atoms with Crippen molar-refractivity contribution in [2.45, 2.75) is 40.7 Å². The molecule has 1 unspecified atom stereocenters. The highest BCUT2D eigenvalue weighted by Crippen LogP contribution is 2.35. The summed E-state index contributed by atoms with van der Waals surface area (Å²) in [5.41, 5.74) is 1.53. The van der Waals surface area contributed by atoms with Crippen molar-refractivity contribution in [1.29, 1.82) is 0 Å². The monoisotopic (exact) mass is 503 g/mol. The van der Waals surface area contributed by atoms with Crippen molar-refractivity contribution in [2.75, 3.05) is 0 Å². The molecule has 0 aliphatic carbocycles. The summed E-state index contributed by atoms with van der Waals surface area (Å²) in [5, 5.41) is 9.41. The zero-order valence-electron chi connectivity index (χ0n) is 18.6. The summed E-state index contributed by atoms with van der Waals surface area (Å²) in [5.74, 6) is -2.92. The molecule has 2 aromatic rings. The van der Waals surface area contributed by atoms with Crippen LogP contribution in [0.4, 0.5) is 0 Å². The van der Waals surface area contributed by atoms with E-state index < -0.39 is 29.9 Å². The van der Waals surface area contributed by atoms with Gasteiger partial charge in [0.1, 0.15) is 6.04 Å². The number of aliphatic carboxylic acids is 1. The van der Waals surface area contributed by atoms with Gasteiger partial charge in [-0.05, 0) is 37.1 Å². The Morgan fingerprint density at radius 1 is 1.06 bits per heavy atom. The molecule has 2 rings (SSSR count). The standard InChI is InChI=1S/C24H26BrNO6/c1-13(2)20(22(27)28)26-12-17-10-18(25)11-19(21(17)32-23(29)14(3)4)31-24(30)16-8-6-7-15(5)9-16/h6-14,20H,1-5H3,(H,27,28). The topological polar surface area (TPSA) is 102 Å². The Bertz CT molecular complexity index is 1040. The van der Waals surface area contributed by atoms with E-state index in [4.69, 9.17) is 9.47 Å². The number of ether oxygens (including phenoxy) is 2. The van der Waals surface area contributed by atoms with Crippen molar-refractivity contribution in [3.05, 3.63) is 57.6 Å². The van der Waals surface area contributed by atoms with Crippen molar-refractivity contribution >= 4 is 40.1 Å². The number of esters is 2. The molecule has 0 aliphatic heterocycles. The number of benzene rings is 2. The van der Waals surface area contributed by atoms with Gasteiger partial charge in [0, 0.05) is 16.3 Å². The van der Waals surface area contributed by atoms with Crippen LogP contribution >= 0.6 is 15.9 Å². The third-order valence-electron chi connectivity index (χ3n) is 4.44. The number of carboxylic acids is 1. The molecule has 0 heterocycles. The molecule has 0 bridgehead atoms. The van der Waals surface area contributed by atoms with Crippen LogP contribution < -0.4 is 9.47 Å². The van der Waals surface area contributed by atoms with Gasteiger partial charge >= 0.3 is 17.9 Å². The maximum Gasteiger partial charge on any atom is 0.343 e. The molecule has 1 atom stereocenters. The lowest BCUT2D eigenvalue weighted by molar-refractivity contribution is -0.139. The fourth-order valence-corrected chi connectivity index (χ4v) is 3.16. The molecular weight excluding hydrogens is 478 g/mol. The highest BCUT2D eigenvalue weighted by Gasteiger charge is 2.23. The van der Waals surface area contributed by atoms with E-state index in [1.807, 2.05) is 13.0 Å². The first kappa shape index (κ1) is 25.3. The smallest absolute Gasteiger partial charge is 0.343 e. The zero-order valence-corrected chi connectivity index (χ0v) is 20.2. The molecule has 0 saturated heterocycles. The minimum absolute atomic E-state index is 0.00968. The second-order valence-corrected chi connectivity index (χ2v) is 8.88. The molecule has 0 aromatic heterocycles. The molecule has 0 aliphatic rings. The van der Waals surface area contributed by atoms with E-state index in [2.05, 4.69) is 20.9 Å². The number of aryl methyl sites for hydroxylation is 1. The van der Waals surface area contributed by atoms with Crippen LogP contribution in [-0.2, 0) is 9.59 Å². The average molecular weight is 504 g/mol. The van der Waals surface area contributed by atoms with Crippen molar-refractivity contribution in [2.24, 2.45) is 16.8 Å². The largest absolute Gasteiger partial charge is 0.480 e. The summed E-state index contributed by atoms with van der Waals surface area (Å²) < 4.78 is 11.6. The number of hydrogen-bond donors (Lipinski definition) is 1. The number of hydrogen-bond acceptors (Lipinski definition) is 6. The van der Waals surface area contributed by atoms with E-state index in [1.54, 1.807) is 52.0 Å². The Morgan fingerprint density at radius 3 is 2.31 bits per heavy atom. The van der Waals surface area contributed by atoms with E-state index >= 15 is 0 Å². The highest BCUT2D eigenvalue weighted by molar-refractivity contribution is 9.10. The van der Waals surface area contributed by atoms with E-state index in [0.29, 0.717) is 15.6 Å². The molecule has 0 fully saturated rings. The van der Waals surface area contributed by atoms with Crippen molar-refractivity contribution in [3.63, 3.8) is 0 Å².